The van der Waals surface area contributed by atoms with Crippen LogP contribution >= 0.6 is 12.2 Å². The fourth-order valence-corrected chi connectivity index (χ4v) is 1.04. The van der Waals surface area contributed by atoms with Crippen LogP contribution in [0.5, 0.6) is 0 Å². The minimum atomic E-state index is -0.0619. The van der Waals surface area contributed by atoms with E-state index in [-0.39, 0.29) is 5.54 Å². The van der Waals surface area contributed by atoms with Crippen LogP contribution < -0.4 is 5.73 Å². The van der Waals surface area contributed by atoms with E-state index in [9.17, 15) is 0 Å². The van der Waals surface area contributed by atoms with Gasteiger partial charge < -0.3 is 10.6 Å². The van der Waals surface area contributed by atoms with Gasteiger partial charge in [-0.3, -0.25) is 0 Å². The van der Waals surface area contributed by atoms with E-state index in [4.69, 9.17) is 18.0 Å². The van der Waals surface area contributed by atoms with Crippen molar-refractivity contribution in [2.24, 2.45) is 5.73 Å². The zero-order valence-electron chi connectivity index (χ0n) is 6.72. The fourth-order valence-electron chi connectivity index (χ4n) is 0.694. The van der Waals surface area contributed by atoms with Crippen LogP contribution in [0.1, 0.15) is 20.8 Å². The van der Waals surface area contributed by atoms with Gasteiger partial charge in [-0.05, 0) is 39.2 Å². The molecular weight excluding hydrogens is 144 g/mol. The van der Waals surface area contributed by atoms with E-state index in [1.165, 1.54) is 0 Å². The van der Waals surface area contributed by atoms with Gasteiger partial charge in [-0.1, -0.05) is 6.58 Å². The number of thiocarbonyl (C=S) groups is 1. The van der Waals surface area contributed by atoms with E-state index in [2.05, 4.69) is 6.58 Å². The maximum atomic E-state index is 5.42. The van der Waals surface area contributed by atoms with Crippen LogP contribution in [0.15, 0.2) is 12.8 Å². The maximum absolute atomic E-state index is 5.42. The van der Waals surface area contributed by atoms with Gasteiger partial charge in [0, 0.05) is 5.54 Å². The van der Waals surface area contributed by atoms with Gasteiger partial charge in [-0.15, -0.1) is 0 Å². The standard InChI is InChI=1S/C7H14N2S/c1-5-9(6(8)10)7(2,3)4/h5H,1H2,2-4H3,(H2,8,10). The first kappa shape index (κ1) is 9.43. The van der Waals surface area contributed by atoms with Crippen LogP contribution in [0, 0.1) is 0 Å². The molecule has 2 N–H and O–H groups in total. The summed E-state index contributed by atoms with van der Waals surface area (Å²) in [6, 6.07) is 0. The highest BCUT2D eigenvalue weighted by Gasteiger charge is 2.18. The summed E-state index contributed by atoms with van der Waals surface area (Å²) in [5.41, 5.74) is 5.36. The van der Waals surface area contributed by atoms with Crippen molar-refractivity contribution in [1.82, 2.24) is 4.90 Å². The van der Waals surface area contributed by atoms with Gasteiger partial charge >= 0.3 is 0 Å². The quantitative estimate of drug-likeness (QED) is 0.586. The van der Waals surface area contributed by atoms with E-state index in [1.54, 1.807) is 11.1 Å². The molecule has 0 aliphatic rings. The second kappa shape index (κ2) is 3.01. The summed E-state index contributed by atoms with van der Waals surface area (Å²) in [5, 5.41) is 0.363. The Morgan fingerprint density at radius 1 is 1.60 bits per heavy atom. The van der Waals surface area contributed by atoms with Crippen molar-refractivity contribution >= 4 is 17.3 Å². The predicted octanol–water partition coefficient (Wildman–Crippen LogP) is 1.47. The molecule has 0 aromatic rings. The van der Waals surface area contributed by atoms with Crippen LogP contribution in [0.4, 0.5) is 0 Å². The van der Waals surface area contributed by atoms with E-state index < -0.39 is 0 Å². The van der Waals surface area contributed by atoms with Crippen LogP contribution in [0.25, 0.3) is 0 Å². The molecule has 0 aliphatic carbocycles. The lowest BCUT2D eigenvalue weighted by Crippen LogP contribution is -2.44. The van der Waals surface area contributed by atoms with Gasteiger partial charge in [0.05, 0.1) is 0 Å². The topological polar surface area (TPSA) is 29.3 Å². The largest absolute Gasteiger partial charge is 0.376 e. The molecule has 0 unspecified atom stereocenters. The molecule has 0 heterocycles. The van der Waals surface area contributed by atoms with Crippen LogP contribution in [0.3, 0.4) is 0 Å². The summed E-state index contributed by atoms with van der Waals surface area (Å²) in [6.45, 7) is 9.67. The van der Waals surface area contributed by atoms with E-state index >= 15 is 0 Å². The number of nitrogens with two attached hydrogens (primary N) is 1. The Bertz CT molecular complexity index is 146. The third-order valence-electron chi connectivity index (χ3n) is 1.14. The fraction of sp³-hybridized carbons (Fsp3) is 0.571. The van der Waals surface area contributed by atoms with Crippen LogP contribution in [-0.2, 0) is 0 Å². The van der Waals surface area contributed by atoms with Crippen molar-refractivity contribution in [2.75, 3.05) is 0 Å². The Kier molecular flexibility index (Phi) is 2.84. The molecule has 0 saturated carbocycles. The van der Waals surface area contributed by atoms with E-state index in [0.717, 1.165) is 0 Å². The molecule has 0 spiro atoms. The molecule has 10 heavy (non-hydrogen) atoms. The number of nitrogens with zero attached hydrogens (tertiary/aromatic N) is 1. The highest BCUT2D eigenvalue weighted by molar-refractivity contribution is 7.80. The molecule has 0 atom stereocenters. The summed E-state index contributed by atoms with van der Waals surface area (Å²) in [7, 11) is 0. The van der Waals surface area contributed by atoms with Crippen molar-refractivity contribution in [2.45, 2.75) is 26.3 Å². The van der Waals surface area contributed by atoms with Gasteiger partial charge in [-0.25, -0.2) is 0 Å². The SMILES string of the molecule is C=CN(C(N)=S)C(C)(C)C. The zero-order valence-corrected chi connectivity index (χ0v) is 7.53. The lowest BCUT2D eigenvalue weighted by Gasteiger charge is -2.32. The van der Waals surface area contributed by atoms with Gasteiger partial charge in [0.15, 0.2) is 5.11 Å². The Balaban J connectivity index is 4.36. The third-order valence-corrected chi connectivity index (χ3v) is 1.34. The first-order valence-corrected chi connectivity index (χ1v) is 3.51. The molecule has 0 aromatic heterocycles. The molecular formula is C7H14N2S. The van der Waals surface area contributed by atoms with Crippen molar-refractivity contribution < 1.29 is 0 Å². The summed E-state index contributed by atoms with van der Waals surface area (Å²) in [4.78, 5) is 1.75. The van der Waals surface area contributed by atoms with Gasteiger partial charge in [0.25, 0.3) is 0 Å². The molecule has 3 heteroatoms. The van der Waals surface area contributed by atoms with Crippen LogP contribution in [0.2, 0.25) is 0 Å². The molecule has 0 bridgehead atoms. The molecule has 0 aliphatic heterocycles. The second-order valence-electron chi connectivity index (χ2n) is 3.06. The normalized spacial score (nSPS) is 10.7. The highest BCUT2D eigenvalue weighted by atomic mass is 32.1. The van der Waals surface area contributed by atoms with Gasteiger partial charge in [-0.2, -0.15) is 0 Å². The van der Waals surface area contributed by atoms with Crippen molar-refractivity contribution in [1.29, 1.82) is 0 Å². The van der Waals surface area contributed by atoms with Gasteiger partial charge in [0.1, 0.15) is 0 Å². The lowest BCUT2D eigenvalue weighted by atomic mass is 10.1. The minimum absolute atomic E-state index is 0.0619. The molecule has 0 saturated heterocycles. The number of hydrogen-bond acceptors (Lipinski definition) is 1. The molecule has 0 radical (unpaired) electrons. The summed E-state index contributed by atoms with van der Waals surface area (Å²) in [6.07, 6.45) is 1.64. The molecule has 0 fully saturated rings. The number of hydrogen-bond donors (Lipinski definition) is 1. The highest BCUT2D eigenvalue weighted by Crippen LogP contribution is 2.12. The Morgan fingerprint density at radius 3 is 2.00 bits per heavy atom. The van der Waals surface area contributed by atoms with Crippen molar-refractivity contribution in [3.05, 3.63) is 12.8 Å². The first-order valence-electron chi connectivity index (χ1n) is 3.11. The van der Waals surface area contributed by atoms with Crippen molar-refractivity contribution in [3.63, 3.8) is 0 Å². The van der Waals surface area contributed by atoms with Crippen LogP contribution in [-0.4, -0.2) is 15.6 Å². The molecule has 0 amide bonds. The zero-order chi connectivity index (χ0) is 8.36. The monoisotopic (exact) mass is 158 g/mol. The third kappa shape index (κ3) is 2.35. The van der Waals surface area contributed by atoms with Gasteiger partial charge in [0.2, 0.25) is 0 Å². The molecule has 58 valence electrons. The average Bonchev–Trinajstić information content (AvgIpc) is 1.60. The van der Waals surface area contributed by atoms with E-state index in [0.29, 0.717) is 5.11 Å². The number of rotatable bonds is 1. The summed E-state index contributed by atoms with van der Waals surface area (Å²) < 4.78 is 0. The molecule has 0 aromatic carbocycles. The Hall–Kier alpha value is -0.570. The second-order valence-corrected chi connectivity index (χ2v) is 3.48. The lowest BCUT2D eigenvalue weighted by molar-refractivity contribution is 0.315. The Labute approximate surface area is 67.7 Å². The minimum Gasteiger partial charge on any atom is -0.376 e. The van der Waals surface area contributed by atoms with Crippen molar-refractivity contribution in [3.8, 4) is 0 Å². The predicted molar refractivity (Wildman–Crippen MR) is 48.6 cm³/mol. The maximum Gasteiger partial charge on any atom is 0.170 e. The summed E-state index contributed by atoms with van der Waals surface area (Å²) >= 11 is 4.80. The van der Waals surface area contributed by atoms with E-state index in [1.807, 2.05) is 20.8 Å². The first-order chi connectivity index (χ1) is 4.39. The summed E-state index contributed by atoms with van der Waals surface area (Å²) in [5.74, 6) is 0. The molecule has 2 nitrogen and oxygen atoms in total. The smallest absolute Gasteiger partial charge is 0.170 e. The Morgan fingerprint density at radius 2 is 2.00 bits per heavy atom. The molecule has 0 rings (SSSR count). The average molecular weight is 158 g/mol.